The van der Waals surface area contributed by atoms with Crippen LogP contribution in [0.1, 0.15) is 30.5 Å². The van der Waals surface area contributed by atoms with Crippen LogP contribution in [0.2, 0.25) is 0 Å². The van der Waals surface area contributed by atoms with Crippen molar-refractivity contribution in [2.45, 2.75) is 35.5 Å². The predicted molar refractivity (Wildman–Crippen MR) is 114 cm³/mol. The Kier molecular flexibility index (Phi) is 6.10. The highest BCUT2D eigenvalue weighted by atomic mass is 32.2. The molecule has 1 aromatic carbocycles. The third-order valence-electron chi connectivity index (χ3n) is 4.94. The number of hydrogen-bond acceptors (Lipinski definition) is 8. The largest absolute Gasteiger partial charge is 0.389 e. The second kappa shape index (κ2) is 8.94. The number of anilines is 1. The second-order valence-electron chi connectivity index (χ2n) is 7.28. The minimum Gasteiger partial charge on any atom is -0.389 e. The van der Waals surface area contributed by atoms with Crippen molar-refractivity contribution in [3.63, 3.8) is 0 Å². The Hall–Kier alpha value is -3.11. The Labute approximate surface area is 180 Å². The van der Waals surface area contributed by atoms with Crippen molar-refractivity contribution in [1.82, 2.24) is 9.97 Å². The minimum absolute atomic E-state index is 0.00290. The van der Waals surface area contributed by atoms with Gasteiger partial charge in [0.05, 0.1) is 41.4 Å². The fraction of sp³-hybridized carbons (Fsp3) is 0.333. The van der Waals surface area contributed by atoms with Crippen LogP contribution >= 0.6 is 0 Å². The molecule has 1 atom stereocenters. The van der Waals surface area contributed by atoms with E-state index >= 15 is 0 Å². The average Bonchev–Trinajstić information content (AvgIpc) is 3.52. The normalized spacial score (nSPS) is 19.1. The Bertz CT molecular complexity index is 1090. The number of rotatable bonds is 8. The van der Waals surface area contributed by atoms with Gasteiger partial charge in [0.15, 0.2) is 27.5 Å². The molecule has 0 radical (unpaired) electrons. The summed E-state index contributed by atoms with van der Waals surface area (Å²) in [4.78, 5) is 26.9. The van der Waals surface area contributed by atoms with Gasteiger partial charge in [0.25, 0.3) is 5.91 Å². The molecule has 31 heavy (non-hydrogen) atoms. The molecule has 4 rings (SSSR count). The number of hydrogen-bond donors (Lipinski definition) is 1. The molecule has 0 spiro atoms. The number of nitrogens with one attached hydrogen (secondary N) is 1. The summed E-state index contributed by atoms with van der Waals surface area (Å²) >= 11 is 0. The first-order valence-electron chi connectivity index (χ1n) is 9.89. The maximum Gasteiger partial charge on any atom is 0.279 e. The number of amides is 1. The molecule has 2 fully saturated rings. The van der Waals surface area contributed by atoms with E-state index < -0.39 is 15.7 Å². The zero-order valence-electron chi connectivity index (χ0n) is 16.7. The monoisotopic (exact) mass is 442 g/mol. The van der Waals surface area contributed by atoms with Gasteiger partial charge in [-0.3, -0.25) is 9.78 Å². The lowest BCUT2D eigenvalue weighted by Crippen LogP contribution is -2.26. The van der Waals surface area contributed by atoms with E-state index in [0.29, 0.717) is 43.7 Å². The van der Waals surface area contributed by atoms with Crippen molar-refractivity contribution in [1.29, 1.82) is 0 Å². The van der Waals surface area contributed by atoms with Gasteiger partial charge in [-0.25, -0.2) is 13.4 Å². The molecular formula is C21H22N4O5S. The molecule has 1 amide bonds. The topological polar surface area (TPSA) is 120 Å². The molecular weight excluding hydrogens is 420 g/mol. The highest BCUT2D eigenvalue weighted by Crippen LogP contribution is 2.33. The second-order valence-corrected chi connectivity index (χ2v) is 9.51. The molecule has 1 saturated heterocycles. The zero-order chi connectivity index (χ0) is 21.8. The van der Waals surface area contributed by atoms with Crippen LogP contribution in [0, 0.1) is 0 Å². The summed E-state index contributed by atoms with van der Waals surface area (Å²) in [7, 11) is -3.32. The number of aromatic nitrogens is 2. The Morgan fingerprint density at radius 1 is 1.19 bits per heavy atom. The van der Waals surface area contributed by atoms with E-state index in [1.807, 2.05) is 0 Å². The van der Waals surface area contributed by atoms with Gasteiger partial charge < -0.3 is 14.9 Å². The van der Waals surface area contributed by atoms with Crippen molar-refractivity contribution in [3.8, 4) is 0 Å². The van der Waals surface area contributed by atoms with Crippen LogP contribution in [0.15, 0.2) is 53.3 Å². The lowest BCUT2D eigenvalue weighted by atomic mass is 10.1. The van der Waals surface area contributed by atoms with E-state index in [2.05, 4.69) is 27.0 Å². The van der Waals surface area contributed by atoms with Crippen LogP contribution in [0.4, 0.5) is 5.82 Å². The van der Waals surface area contributed by atoms with Crippen LogP contribution < -0.4 is 5.32 Å². The lowest BCUT2D eigenvalue weighted by molar-refractivity contribution is -0.110. The smallest absolute Gasteiger partial charge is 0.279 e. The van der Waals surface area contributed by atoms with Crippen LogP contribution in [-0.4, -0.2) is 54.6 Å². The Morgan fingerprint density at radius 3 is 2.55 bits per heavy atom. The lowest BCUT2D eigenvalue weighted by Gasteiger charge is -2.11. The number of ether oxygens (including phenoxy) is 1. The van der Waals surface area contributed by atoms with Gasteiger partial charge in [-0.05, 0) is 31.1 Å². The molecule has 1 aliphatic carbocycles. The fourth-order valence-electron chi connectivity index (χ4n) is 3.01. The molecule has 2 aliphatic rings. The van der Waals surface area contributed by atoms with Crippen molar-refractivity contribution in [3.05, 3.63) is 54.5 Å². The van der Waals surface area contributed by atoms with Gasteiger partial charge in [-0.1, -0.05) is 23.9 Å². The van der Waals surface area contributed by atoms with Gasteiger partial charge in [-0.2, -0.15) is 0 Å². The summed E-state index contributed by atoms with van der Waals surface area (Å²) < 4.78 is 30.1. The maximum atomic E-state index is 12.9. The van der Waals surface area contributed by atoms with Gasteiger partial charge in [0, 0.05) is 12.0 Å². The van der Waals surface area contributed by atoms with E-state index in [9.17, 15) is 13.2 Å². The molecule has 10 heteroatoms. The summed E-state index contributed by atoms with van der Waals surface area (Å²) in [5, 5.41) is 6.38. The number of carbonyl (C=O) groups excluding carboxylic acids is 1. The van der Waals surface area contributed by atoms with Crippen LogP contribution in [0.3, 0.4) is 0 Å². The maximum absolute atomic E-state index is 12.9. The van der Waals surface area contributed by atoms with Gasteiger partial charge in [0.1, 0.15) is 0 Å². The van der Waals surface area contributed by atoms with Crippen molar-refractivity contribution in [2.75, 3.05) is 18.5 Å². The number of carbonyl (C=O) groups is 1. The van der Waals surface area contributed by atoms with E-state index in [0.717, 1.165) is 0 Å². The third kappa shape index (κ3) is 4.97. The first-order chi connectivity index (χ1) is 15.0. The van der Waals surface area contributed by atoms with Crippen LogP contribution in [0.25, 0.3) is 6.08 Å². The average molecular weight is 442 g/mol. The van der Waals surface area contributed by atoms with Crippen LogP contribution in [-0.2, 0) is 24.2 Å². The first-order valence-corrected chi connectivity index (χ1v) is 11.4. The number of oxime groups is 1. The highest BCUT2D eigenvalue weighted by Gasteiger charge is 2.36. The van der Waals surface area contributed by atoms with Gasteiger partial charge in [0.2, 0.25) is 0 Å². The standard InChI is InChI=1S/C21H22N4O5S/c1-2-15-11-23-19(12-22-15)24-21(26)20(25-30-16-9-10-29-13-16)14-3-5-17(6-4-14)31(27,28)18-7-8-18/h2-6,11-12,16,18H,1,7-10,13H2,(H,23,24,26)/b25-20+/t16-/m1/s1. The molecule has 2 aromatic rings. The van der Waals surface area contributed by atoms with E-state index in [1.54, 1.807) is 18.2 Å². The molecule has 9 nitrogen and oxygen atoms in total. The summed E-state index contributed by atoms with van der Waals surface area (Å²) in [6.07, 6.45) is 6.21. The summed E-state index contributed by atoms with van der Waals surface area (Å²) in [5.74, 6) is -0.321. The van der Waals surface area contributed by atoms with Crippen molar-refractivity contribution < 1.29 is 22.8 Å². The number of sulfone groups is 1. The Morgan fingerprint density at radius 2 is 1.97 bits per heavy atom. The van der Waals surface area contributed by atoms with Crippen molar-refractivity contribution in [2.24, 2.45) is 5.16 Å². The highest BCUT2D eigenvalue weighted by molar-refractivity contribution is 7.92. The molecule has 1 saturated carbocycles. The summed E-state index contributed by atoms with van der Waals surface area (Å²) in [6, 6.07) is 6.08. The Balaban J connectivity index is 1.57. The van der Waals surface area contributed by atoms with Gasteiger partial charge >= 0.3 is 0 Å². The van der Waals surface area contributed by atoms with Gasteiger partial charge in [-0.15, -0.1) is 0 Å². The molecule has 0 unspecified atom stereocenters. The van der Waals surface area contributed by atoms with Crippen LogP contribution in [0.5, 0.6) is 0 Å². The molecule has 1 N–H and O–H groups in total. The molecule has 162 valence electrons. The third-order valence-corrected chi connectivity index (χ3v) is 7.22. The first kappa shape index (κ1) is 21.1. The zero-order valence-corrected chi connectivity index (χ0v) is 17.5. The number of benzene rings is 1. The number of nitrogens with zero attached hydrogens (tertiary/aromatic N) is 3. The van der Waals surface area contributed by atoms with Crippen molar-refractivity contribution >= 4 is 33.4 Å². The minimum atomic E-state index is -3.32. The van der Waals surface area contributed by atoms with E-state index in [-0.39, 0.29) is 27.8 Å². The summed E-state index contributed by atoms with van der Waals surface area (Å²) in [5.41, 5.74) is 0.989. The molecule has 1 aromatic heterocycles. The molecule has 1 aliphatic heterocycles. The summed E-state index contributed by atoms with van der Waals surface area (Å²) in [6.45, 7) is 4.58. The van der Waals surface area contributed by atoms with E-state index in [4.69, 9.17) is 9.57 Å². The fourth-order valence-corrected chi connectivity index (χ4v) is 4.66. The predicted octanol–water partition coefficient (Wildman–Crippen LogP) is 2.20. The molecule has 2 heterocycles. The quantitative estimate of drug-likeness (QED) is 0.491. The SMILES string of the molecule is C=Cc1cnc(NC(=O)/C(=N/O[C@@H]2CCOC2)c2ccc(S(=O)(=O)C3CC3)cc2)cn1. The molecule has 0 bridgehead atoms. The van der Waals surface area contributed by atoms with E-state index in [1.165, 1.54) is 24.5 Å².